The number of hydrogen-bond acceptors (Lipinski definition) is 2. The summed E-state index contributed by atoms with van der Waals surface area (Å²) < 4.78 is 28.3. The molecule has 1 aliphatic heterocycles. The van der Waals surface area contributed by atoms with Crippen LogP contribution in [0, 0.1) is 0 Å². The van der Waals surface area contributed by atoms with Gasteiger partial charge in [-0.1, -0.05) is 0 Å². The number of likely N-dealkylation sites (tertiary alicyclic amines) is 1. The molecule has 78 valence electrons. The Hall–Kier alpha value is -0.220. The molecule has 0 bridgehead atoms. The fourth-order valence-corrected chi connectivity index (χ4v) is 1.69. The van der Waals surface area contributed by atoms with Gasteiger partial charge in [0.05, 0.1) is 6.10 Å². The molecule has 0 aromatic rings. The number of hydrogen-bond donors (Lipinski definition) is 0. The van der Waals surface area contributed by atoms with E-state index in [9.17, 15) is 8.78 Å². The summed E-state index contributed by atoms with van der Waals surface area (Å²) in [6.45, 7) is 3.16. The summed E-state index contributed by atoms with van der Waals surface area (Å²) in [6.07, 6.45) is 1.43. The van der Waals surface area contributed by atoms with Crippen molar-refractivity contribution < 1.29 is 13.5 Å². The van der Waals surface area contributed by atoms with E-state index in [0.29, 0.717) is 12.6 Å². The maximum absolute atomic E-state index is 11.9. The summed E-state index contributed by atoms with van der Waals surface area (Å²) in [7, 11) is 0. The number of piperidine rings is 1. The number of nitrogens with zero attached hydrogens (tertiary/aromatic N) is 1. The lowest BCUT2D eigenvalue weighted by molar-refractivity contribution is -0.175. The molecule has 4 heteroatoms. The minimum atomic E-state index is -2.63. The van der Waals surface area contributed by atoms with E-state index in [-0.39, 0.29) is 6.10 Å². The smallest absolute Gasteiger partial charge is 0.318 e. The van der Waals surface area contributed by atoms with Crippen molar-refractivity contribution in [2.24, 2.45) is 0 Å². The number of alkyl halides is 2. The topological polar surface area (TPSA) is 12.5 Å². The van der Waals surface area contributed by atoms with Crippen molar-refractivity contribution in [2.75, 3.05) is 13.1 Å². The summed E-state index contributed by atoms with van der Waals surface area (Å²) in [4.78, 5) is 2.18. The maximum Gasteiger partial charge on any atom is 0.345 e. The Morgan fingerprint density at radius 1 is 1.38 bits per heavy atom. The predicted octanol–water partition coefficient (Wildman–Crippen LogP) is 2.10. The zero-order chi connectivity index (χ0) is 9.84. The SMILES string of the molecule is CC(C)N1CCCC(OC(F)F)C1. The van der Waals surface area contributed by atoms with Crippen molar-refractivity contribution in [3.05, 3.63) is 0 Å². The van der Waals surface area contributed by atoms with Crippen LogP contribution in [0.5, 0.6) is 0 Å². The minimum Gasteiger partial charge on any atom is -0.318 e. The average Bonchev–Trinajstić information content (AvgIpc) is 2.03. The van der Waals surface area contributed by atoms with Crippen LogP contribution in [0.4, 0.5) is 8.78 Å². The average molecular weight is 193 g/mol. The second-order valence-electron chi connectivity index (χ2n) is 3.75. The van der Waals surface area contributed by atoms with Gasteiger partial charge in [-0.2, -0.15) is 8.78 Å². The van der Waals surface area contributed by atoms with Gasteiger partial charge in [0, 0.05) is 12.6 Å². The van der Waals surface area contributed by atoms with Crippen LogP contribution in [0.2, 0.25) is 0 Å². The zero-order valence-corrected chi connectivity index (χ0v) is 8.17. The molecule has 0 aromatic carbocycles. The fraction of sp³-hybridized carbons (Fsp3) is 1.00. The maximum atomic E-state index is 11.9. The Kier molecular flexibility index (Phi) is 4.06. The molecule has 1 fully saturated rings. The Balaban J connectivity index is 2.33. The highest BCUT2D eigenvalue weighted by Crippen LogP contribution is 2.17. The van der Waals surface area contributed by atoms with Crippen LogP contribution in [-0.4, -0.2) is 36.7 Å². The van der Waals surface area contributed by atoms with Crippen molar-refractivity contribution in [1.82, 2.24) is 4.90 Å². The molecule has 2 nitrogen and oxygen atoms in total. The summed E-state index contributed by atoms with van der Waals surface area (Å²) in [5, 5.41) is 0. The molecule has 0 aliphatic carbocycles. The first-order chi connectivity index (χ1) is 6.09. The van der Waals surface area contributed by atoms with Crippen LogP contribution in [0.25, 0.3) is 0 Å². The van der Waals surface area contributed by atoms with Gasteiger partial charge in [0.15, 0.2) is 0 Å². The molecule has 1 saturated heterocycles. The summed E-state index contributed by atoms with van der Waals surface area (Å²) in [6, 6.07) is 0.420. The summed E-state index contributed by atoms with van der Waals surface area (Å²) in [5.41, 5.74) is 0. The Labute approximate surface area is 77.9 Å². The van der Waals surface area contributed by atoms with E-state index in [1.807, 2.05) is 0 Å². The first kappa shape index (κ1) is 10.9. The normalized spacial score (nSPS) is 25.8. The van der Waals surface area contributed by atoms with Gasteiger partial charge < -0.3 is 4.74 Å². The molecule has 0 aromatic heterocycles. The third-order valence-electron chi connectivity index (χ3n) is 2.44. The van der Waals surface area contributed by atoms with Gasteiger partial charge >= 0.3 is 6.61 Å². The fourth-order valence-electron chi connectivity index (χ4n) is 1.69. The van der Waals surface area contributed by atoms with E-state index in [0.717, 1.165) is 19.4 Å². The van der Waals surface area contributed by atoms with Crippen molar-refractivity contribution in [1.29, 1.82) is 0 Å². The third kappa shape index (κ3) is 3.56. The molecule has 1 unspecified atom stereocenters. The van der Waals surface area contributed by atoms with E-state index in [1.165, 1.54) is 0 Å². The van der Waals surface area contributed by atoms with E-state index in [1.54, 1.807) is 0 Å². The predicted molar refractivity (Wildman–Crippen MR) is 46.8 cm³/mol. The van der Waals surface area contributed by atoms with E-state index in [4.69, 9.17) is 0 Å². The number of halogens is 2. The minimum absolute atomic E-state index is 0.281. The highest BCUT2D eigenvalue weighted by Gasteiger charge is 2.24. The van der Waals surface area contributed by atoms with Gasteiger partial charge in [0.25, 0.3) is 0 Å². The second-order valence-corrected chi connectivity index (χ2v) is 3.75. The molecule has 0 spiro atoms. The molecule has 1 aliphatic rings. The molecule has 0 saturated carbocycles. The third-order valence-corrected chi connectivity index (χ3v) is 2.44. The first-order valence-electron chi connectivity index (χ1n) is 4.77. The van der Waals surface area contributed by atoms with Crippen LogP contribution in [0.3, 0.4) is 0 Å². The van der Waals surface area contributed by atoms with Crippen LogP contribution in [0.1, 0.15) is 26.7 Å². The van der Waals surface area contributed by atoms with Crippen LogP contribution >= 0.6 is 0 Å². The van der Waals surface area contributed by atoms with Crippen LogP contribution in [0.15, 0.2) is 0 Å². The molecule has 1 rings (SSSR count). The number of ether oxygens (including phenoxy) is 1. The lowest BCUT2D eigenvalue weighted by Crippen LogP contribution is -2.43. The Morgan fingerprint density at radius 3 is 2.62 bits per heavy atom. The first-order valence-corrected chi connectivity index (χ1v) is 4.77. The van der Waals surface area contributed by atoms with Crippen molar-refractivity contribution in [3.63, 3.8) is 0 Å². The molecule has 0 N–H and O–H groups in total. The van der Waals surface area contributed by atoms with E-state index in [2.05, 4.69) is 23.5 Å². The summed E-state index contributed by atoms with van der Waals surface area (Å²) in [5.74, 6) is 0. The lowest BCUT2D eigenvalue weighted by Gasteiger charge is -2.34. The van der Waals surface area contributed by atoms with Crippen molar-refractivity contribution in [2.45, 2.75) is 45.4 Å². The van der Waals surface area contributed by atoms with Crippen LogP contribution < -0.4 is 0 Å². The van der Waals surface area contributed by atoms with Gasteiger partial charge in [-0.05, 0) is 33.2 Å². The van der Waals surface area contributed by atoms with E-state index < -0.39 is 6.61 Å². The second kappa shape index (κ2) is 4.86. The highest BCUT2D eigenvalue weighted by atomic mass is 19.3. The standard InChI is InChI=1S/C9H17F2NO/c1-7(2)12-5-3-4-8(6-12)13-9(10)11/h7-9H,3-6H2,1-2H3. The van der Waals surface area contributed by atoms with Crippen molar-refractivity contribution in [3.8, 4) is 0 Å². The molecular formula is C9H17F2NO. The molecule has 0 radical (unpaired) electrons. The molecule has 1 heterocycles. The van der Waals surface area contributed by atoms with Gasteiger partial charge in [-0.15, -0.1) is 0 Å². The number of rotatable bonds is 3. The zero-order valence-electron chi connectivity index (χ0n) is 8.17. The van der Waals surface area contributed by atoms with Gasteiger partial charge in [0.1, 0.15) is 0 Å². The summed E-state index contributed by atoms with van der Waals surface area (Å²) >= 11 is 0. The quantitative estimate of drug-likeness (QED) is 0.680. The Morgan fingerprint density at radius 2 is 2.08 bits per heavy atom. The molecule has 1 atom stereocenters. The Bertz CT molecular complexity index is 153. The van der Waals surface area contributed by atoms with Crippen molar-refractivity contribution >= 4 is 0 Å². The van der Waals surface area contributed by atoms with Gasteiger partial charge in [-0.25, -0.2) is 0 Å². The van der Waals surface area contributed by atoms with Gasteiger partial charge in [0.2, 0.25) is 0 Å². The monoisotopic (exact) mass is 193 g/mol. The largest absolute Gasteiger partial charge is 0.345 e. The molecular weight excluding hydrogens is 176 g/mol. The molecule has 0 amide bonds. The van der Waals surface area contributed by atoms with E-state index >= 15 is 0 Å². The van der Waals surface area contributed by atoms with Gasteiger partial charge in [-0.3, -0.25) is 4.90 Å². The lowest BCUT2D eigenvalue weighted by atomic mass is 10.1. The van der Waals surface area contributed by atoms with Crippen LogP contribution in [-0.2, 0) is 4.74 Å². The molecule has 13 heavy (non-hydrogen) atoms. The highest BCUT2D eigenvalue weighted by molar-refractivity contribution is 4.75.